The summed E-state index contributed by atoms with van der Waals surface area (Å²) in [6.07, 6.45) is 1.70. The molecule has 1 atom stereocenters. The zero-order valence-electron chi connectivity index (χ0n) is 13.8. The summed E-state index contributed by atoms with van der Waals surface area (Å²) in [5, 5.41) is 8.66. The van der Waals surface area contributed by atoms with Crippen LogP contribution in [0.4, 0.5) is 0 Å². The Hall–Kier alpha value is -1.88. The molecular formula is C17H22ClN3O2. The zero-order chi connectivity index (χ0) is 16.8. The van der Waals surface area contributed by atoms with Gasteiger partial charge in [-0.3, -0.25) is 4.79 Å². The third-order valence-corrected chi connectivity index (χ3v) is 4.07. The minimum atomic E-state index is -0.00694. The van der Waals surface area contributed by atoms with Gasteiger partial charge >= 0.3 is 0 Å². The largest absolute Gasteiger partial charge is 0.419 e. The van der Waals surface area contributed by atoms with Gasteiger partial charge in [-0.2, -0.15) is 0 Å². The van der Waals surface area contributed by atoms with Gasteiger partial charge in [0.15, 0.2) is 0 Å². The van der Waals surface area contributed by atoms with E-state index in [1.807, 2.05) is 39.0 Å². The summed E-state index contributed by atoms with van der Waals surface area (Å²) in [6.45, 7) is 6.99. The van der Waals surface area contributed by atoms with Crippen molar-refractivity contribution in [1.29, 1.82) is 0 Å². The molecule has 0 radical (unpaired) electrons. The predicted octanol–water partition coefficient (Wildman–Crippen LogP) is 4.17. The van der Waals surface area contributed by atoms with Crippen molar-refractivity contribution >= 4 is 17.5 Å². The number of carbonyl (C=O) groups is 1. The second-order valence-electron chi connectivity index (χ2n) is 5.55. The molecule has 1 aromatic carbocycles. The van der Waals surface area contributed by atoms with Crippen LogP contribution in [0.3, 0.4) is 0 Å². The number of carbonyl (C=O) groups excluding carboxylic acids is 1. The summed E-state index contributed by atoms with van der Waals surface area (Å²) >= 11 is 6.14. The van der Waals surface area contributed by atoms with Crippen molar-refractivity contribution < 1.29 is 9.21 Å². The average Bonchev–Trinajstić information content (AvgIpc) is 3.01. The van der Waals surface area contributed by atoms with Crippen molar-refractivity contribution in [2.75, 3.05) is 6.54 Å². The first-order valence-corrected chi connectivity index (χ1v) is 8.30. The monoisotopic (exact) mass is 335 g/mol. The summed E-state index contributed by atoms with van der Waals surface area (Å²) in [6, 6.07) is 7.31. The Kier molecular flexibility index (Phi) is 6.16. The van der Waals surface area contributed by atoms with Crippen LogP contribution in [-0.2, 0) is 11.3 Å². The third kappa shape index (κ3) is 4.32. The van der Waals surface area contributed by atoms with Crippen LogP contribution in [0.25, 0.3) is 11.5 Å². The highest BCUT2D eigenvalue weighted by Crippen LogP contribution is 2.26. The Balaban J connectivity index is 2.16. The first kappa shape index (κ1) is 17.5. The molecule has 0 aliphatic heterocycles. The smallest absolute Gasteiger partial charge is 0.249 e. The average molecular weight is 336 g/mol. The van der Waals surface area contributed by atoms with Crippen LogP contribution in [0.1, 0.15) is 39.5 Å². The van der Waals surface area contributed by atoms with E-state index in [0.29, 0.717) is 35.5 Å². The van der Waals surface area contributed by atoms with E-state index in [0.717, 1.165) is 12.8 Å². The van der Waals surface area contributed by atoms with Crippen molar-refractivity contribution in [1.82, 2.24) is 15.1 Å². The minimum absolute atomic E-state index is 0.00694. The van der Waals surface area contributed by atoms with Crippen LogP contribution in [0.2, 0.25) is 5.02 Å². The maximum absolute atomic E-state index is 12.4. The molecule has 5 nitrogen and oxygen atoms in total. The predicted molar refractivity (Wildman–Crippen MR) is 89.9 cm³/mol. The van der Waals surface area contributed by atoms with E-state index in [9.17, 15) is 4.79 Å². The number of halogens is 1. The van der Waals surface area contributed by atoms with E-state index >= 15 is 0 Å². The fourth-order valence-electron chi connectivity index (χ4n) is 2.25. The van der Waals surface area contributed by atoms with E-state index in [-0.39, 0.29) is 11.8 Å². The molecule has 0 saturated carbocycles. The summed E-state index contributed by atoms with van der Waals surface area (Å²) < 4.78 is 5.69. The Morgan fingerprint density at radius 3 is 2.70 bits per heavy atom. The van der Waals surface area contributed by atoms with Gasteiger partial charge in [0.05, 0.1) is 17.1 Å². The highest BCUT2D eigenvalue weighted by Gasteiger charge is 2.21. The summed E-state index contributed by atoms with van der Waals surface area (Å²) in [5.74, 6) is 0.905. The maximum atomic E-state index is 12.4. The Bertz CT molecular complexity index is 657. The van der Waals surface area contributed by atoms with E-state index in [4.69, 9.17) is 16.0 Å². The van der Waals surface area contributed by atoms with Crippen LogP contribution in [-0.4, -0.2) is 27.5 Å². The summed E-state index contributed by atoms with van der Waals surface area (Å²) in [5.41, 5.74) is 0.697. The topological polar surface area (TPSA) is 59.2 Å². The van der Waals surface area contributed by atoms with Crippen molar-refractivity contribution in [3.63, 3.8) is 0 Å². The van der Waals surface area contributed by atoms with Crippen LogP contribution in [0.15, 0.2) is 28.7 Å². The van der Waals surface area contributed by atoms with Gasteiger partial charge in [-0.15, -0.1) is 10.2 Å². The van der Waals surface area contributed by atoms with E-state index in [2.05, 4.69) is 10.2 Å². The molecule has 1 heterocycles. The fourth-order valence-corrected chi connectivity index (χ4v) is 2.46. The fraction of sp³-hybridized carbons (Fsp3) is 0.471. The van der Waals surface area contributed by atoms with Crippen molar-refractivity contribution in [3.05, 3.63) is 35.2 Å². The molecular weight excluding hydrogens is 314 g/mol. The highest BCUT2D eigenvalue weighted by atomic mass is 35.5. The van der Waals surface area contributed by atoms with E-state index < -0.39 is 0 Å². The lowest BCUT2D eigenvalue weighted by atomic mass is 10.1. The van der Waals surface area contributed by atoms with Gasteiger partial charge in [-0.1, -0.05) is 44.5 Å². The lowest BCUT2D eigenvalue weighted by Gasteiger charge is -2.23. The van der Waals surface area contributed by atoms with Gasteiger partial charge in [0.1, 0.15) is 0 Å². The Labute approximate surface area is 141 Å². The molecule has 0 bridgehead atoms. The number of rotatable bonds is 7. The summed E-state index contributed by atoms with van der Waals surface area (Å²) in [4.78, 5) is 14.2. The number of hydrogen-bond donors (Lipinski definition) is 0. The lowest BCUT2D eigenvalue weighted by Crippen LogP contribution is -2.35. The van der Waals surface area contributed by atoms with Crippen LogP contribution >= 0.6 is 11.6 Å². The Morgan fingerprint density at radius 2 is 2.04 bits per heavy atom. The van der Waals surface area contributed by atoms with E-state index in [1.165, 1.54) is 0 Å². The number of nitrogens with zero attached hydrogens (tertiary/aromatic N) is 3. The molecule has 2 rings (SSSR count). The maximum Gasteiger partial charge on any atom is 0.249 e. The number of aromatic nitrogens is 2. The Morgan fingerprint density at radius 1 is 1.30 bits per heavy atom. The minimum Gasteiger partial charge on any atom is -0.419 e. The van der Waals surface area contributed by atoms with Gasteiger partial charge < -0.3 is 9.32 Å². The van der Waals surface area contributed by atoms with Gasteiger partial charge in [0.25, 0.3) is 0 Å². The number of hydrogen-bond acceptors (Lipinski definition) is 4. The highest BCUT2D eigenvalue weighted by molar-refractivity contribution is 6.33. The second kappa shape index (κ2) is 8.11. The van der Waals surface area contributed by atoms with Gasteiger partial charge in [-0.25, -0.2) is 0 Å². The standard InChI is InChI=1S/C17H22ClN3O2/c1-4-10-21(17(22)12(3)5-2)11-15-19-20-16(23-15)13-8-6-7-9-14(13)18/h6-9,12H,4-5,10-11H2,1-3H3. The van der Waals surface area contributed by atoms with Gasteiger partial charge in [0, 0.05) is 12.5 Å². The van der Waals surface area contributed by atoms with Crippen LogP contribution < -0.4 is 0 Å². The molecule has 0 fully saturated rings. The van der Waals surface area contributed by atoms with E-state index in [1.54, 1.807) is 11.0 Å². The molecule has 0 spiro atoms. The third-order valence-electron chi connectivity index (χ3n) is 3.74. The molecule has 0 saturated heterocycles. The zero-order valence-corrected chi connectivity index (χ0v) is 14.5. The molecule has 2 aromatic rings. The van der Waals surface area contributed by atoms with Crippen LogP contribution in [0, 0.1) is 5.92 Å². The molecule has 0 N–H and O–H groups in total. The SMILES string of the molecule is CCCN(Cc1nnc(-c2ccccc2Cl)o1)C(=O)C(C)CC. The van der Waals surface area contributed by atoms with Crippen molar-refractivity contribution in [2.24, 2.45) is 5.92 Å². The molecule has 1 unspecified atom stereocenters. The molecule has 6 heteroatoms. The van der Waals surface area contributed by atoms with Crippen LogP contribution in [0.5, 0.6) is 0 Å². The van der Waals surface area contributed by atoms with Crippen molar-refractivity contribution in [2.45, 2.75) is 40.2 Å². The van der Waals surface area contributed by atoms with Crippen molar-refractivity contribution in [3.8, 4) is 11.5 Å². The molecule has 1 amide bonds. The normalized spacial score (nSPS) is 12.2. The second-order valence-corrected chi connectivity index (χ2v) is 5.96. The number of benzene rings is 1. The first-order valence-electron chi connectivity index (χ1n) is 7.92. The number of amides is 1. The molecule has 124 valence electrons. The molecule has 0 aliphatic rings. The summed E-state index contributed by atoms with van der Waals surface area (Å²) in [7, 11) is 0. The molecule has 1 aromatic heterocycles. The molecule has 23 heavy (non-hydrogen) atoms. The quantitative estimate of drug-likeness (QED) is 0.761. The van der Waals surface area contributed by atoms with Gasteiger partial charge in [0.2, 0.25) is 17.7 Å². The molecule has 0 aliphatic carbocycles. The lowest BCUT2D eigenvalue weighted by molar-refractivity contribution is -0.136. The van der Waals surface area contributed by atoms with Gasteiger partial charge in [-0.05, 0) is 25.0 Å². The first-order chi connectivity index (χ1) is 11.1.